The number of hydrogen-bond donors (Lipinski definition) is 2. The van der Waals surface area contributed by atoms with E-state index < -0.39 is 35.5 Å². The Bertz CT molecular complexity index is 1150. The summed E-state index contributed by atoms with van der Waals surface area (Å²) in [6.45, 7) is 5.48. The van der Waals surface area contributed by atoms with Crippen LogP contribution in [0, 0.1) is 5.41 Å². The molecule has 2 fully saturated rings. The van der Waals surface area contributed by atoms with Crippen molar-refractivity contribution in [1.82, 2.24) is 19.7 Å². The molecule has 2 aromatic rings. The molecule has 0 aliphatic carbocycles. The van der Waals surface area contributed by atoms with Crippen molar-refractivity contribution in [2.75, 3.05) is 12.8 Å². The monoisotopic (exact) mass is 486 g/mol. The number of nitrogens with zero attached hydrogens (tertiary/aromatic N) is 3. The van der Waals surface area contributed by atoms with Gasteiger partial charge in [0.25, 0.3) is 5.91 Å². The van der Waals surface area contributed by atoms with Crippen molar-refractivity contribution < 1.29 is 24.3 Å². The zero-order chi connectivity index (χ0) is 24.8. The summed E-state index contributed by atoms with van der Waals surface area (Å²) in [6.07, 6.45) is 1.60. The third kappa shape index (κ3) is 4.15. The first-order valence-electron chi connectivity index (χ1n) is 11.3. The van der Waals surface area contributed by atoms with Gasteiger partial charge in [-0.05, 0) is 43.1 Å². The first-order chi connectivity index (χ1) is 16.0. The highest BCUT2D eigenvalue weighted by atomic mass is 32.2. The summed E-state index contributed by atoms with van der Waals surface area (Å²) in [5, 5.41) is 12.7. The molecule has 1 aromatic carbocycles. The van der Waals surface area contributed by atoms with Gasteiger partial charge in [-0.2, -0.15) is 0 Å². The highest BCUT2D eigenvalue weighted by Gasteiger charge is 2.54. The third-order valence-electron chi connectivity index (χ3n) is 6.95. The second kappa shape index (κ2) is 8.98. The molecule has 2 N–H and O–H groups in total. The van der Waals surface area contributed by atoms with Gasteiger partial charge in [-0.1, -0.05) is 32.0 Å². The van der Waals surface area contributed by atoms with Crippen molar-refractivity contribution in [3.8, 4) is 0 Å². The molecule has 0 bridgehead atoms. The average molecular weight is 487 g/mol. The summed E-state index contributed by atoms with van der Waals surface area (Å²) >= 11 is 1.62. The van der Waals surface area contributed by atoms with Crippen LogP contribution in [-0.4, -0.2) is 79.6 Å². The summed E-state index contributed by atoms with van der Waals surface area (Å²) in [5.41, 5.74) is 0.329. The summed E-state index contributed by atoms with van der Waals surface area (Å²) in [5.74, 6) is -0.364. The van der Waals surface area contributed by atoms with Gasteiger partial charge >= 0.3 is 6.09 Å². The Kier molecular flexibility index (Phi) is 6.37. The summed E-state index contributed by atoms with van der Waals surface area (Å²) < 4.78 is 1.62. The molecule has 2 saturated heterocycles. The van der Waals surface area contributed by atoms with Crippen molar-refractivity contribution in [3.05, 3.63) is 36.5 Å². The Labute approximate surface area is 202 Å². The maximum atomic E-state index is 13.9. The Morgan fingerprint density at radius 3 is 2.65 bits per heavy atom. The molecule has 0 spiro atoms. The molecule has 34 heavy (non-hydrogen) atoms. The number of para-hydroxylation sites is 1. The van der Waals surface area contributed by atoms with Gasteiger partial charge in [0.2, 0.25) is 11.8 Å². The number of carbonyl (C=O) groups excluding carboxylic acids is 3. The predicted octanol–water partition coefficient (Wildman–Crippen LogP) is 2.85. The van der Waals surface area contributed by atoms with E-state index in [0.717, 1.165) is 15.8 Å². The zero-order valence-corrected chi connectivity index (χ0v) is 20.5. The number of hydrogen-bond acceptors (Lipinski definition) is 5. The lowest BCUT2D eigenvalue weighted by molar-refractivity contribution is -0.138. The van der Waals surface area contributed by atoms with Gasteiger partial charge in [0.15, 0.2) is 0 Å². The molecule has 1 unspecified atom stereocenters. The van der Waals surface area contributed by atoms with E-state index in [2.05, 4.69) is 5.32 Å². The average Bonchev–Trinajstić information content (AvgIpc) is 3.30. The fourth-order valence-electron chi connectivity index (χ4n) is 4.86. The Hall–Kier alpha value is -3.01. The normalized spacial score (nSPS) is 24.9. The number of likely N-dealkylation sites (N-methyl/N-ethyl adjacent to an activating group) is 1. The maximum Gasteiger partial charge on any atom is 0.407 e. The maximum absolute atomic E-state index is 13.9. The molecular formula is C24H30N4O5S. The highest BCUT2D eigenvalue weighted by Crippen LogP contribution is 2.47. The van der Waals surface area contributed by atoms with E-state index in [4.69, 9.17) is 0 Å². The minimum absolute atomic E-state index is 0.167. The number of fused-ring (bicyclic) bond motifs is 2. The number of nitrogens with one attached hydrogen (secondary N) is 1. The van der Waals surface area contributed by atoms with Crippen LogP contribution >= 0.6 is 11.8 Å². The van der Waals surface area contributed by atoms with Gasteiger partial charge in [-0.3, -0.25) is 23.9 Å². The van der Waals surface area contributed by atoms with E-state index in [0.29, 0.717) is 18.6 Å². The molecule has 0 radical (unpaired) electrons. The van der Waals surface area contributed by atoms with E-state index in [9.17, 15) is 24.3 Å². The Morgan fingerprint density at radius 2 is 1.94 bits per heavy atom. The van der Waals surface area contributed by atoms with E-state index in [-0.39, 0.29) is 17.2 Å². The van der Waals surface area contributed by atoms with Crippen LogP contribution in [0.5, 0.6) is 0 Å². The van der Waals surface area contributed by atoms with Crippen LogP contribution < -0.4 is 5.32 Å². The van der Waals surface area contributed by atoms with E-state index in [1.54, 1.807) is 27.4 Å². The SMILES string of the molecule is CC(C(=O)N[C@H]1CCS[C@H]2CC(C)(C)[C@@H](C(=O)n3ccc4ccccc43)N2C1=O)N(C)C(=O)O. The minimum Gasteiger partial charge on any atom is -0.465 e. The van der Waals surface area contributed by atoms with Crippen LogP contribution in [-0.2, 0) is 9.59 Å². The summed E-state index contributed by atoms with van der Waals surface area (Å²) in [4.78, 5) is 54.1. The van der Waals surface area contributed by atoms with Crippen LogP contribution in [0.15, 0.2) is 36.5 Å². The van der Waals surface area contributed by atoms with Gasteiger partial charge in [0.1, 0.15) is 18.1 Å². The largest absolute Gasteiger partial charge is 0.465 e. The molecular weight excluding hydrogens is 456 g/mol. The highest BCUT2D eigenvalue weighted by molar-refractivity contribution is 7.99. The van der Waals surface area contributed by atoms with Crippen LogP contribution in [0.3, 0.4) is 0 Å². The molecule has 182 valence electrons. The zero-order valence-electron chi connectivity index (χ0n) is 19.7. The number of carboxylic acid groups (broad SMARTS) is 1. The van der Waals surface area contributed by atoms with Gasteiger partial charge in [-0.15, -0.1) is 11.8 Å². The van der Waals surface area contributed by atoms with Crippen molar-refractivity contribution >= 4 is 46.5 Å². The molecule has 2 aliphatic heterocycles. The molecule has 3 amide bonds. The fourth-order valence-corrected chi connectivity index (χ4v) is 6.44. The van der Waals surface area contributed by atoms with Crippen LogP contribution in [0.25, 0.3) is 10.9 Å². The smallest absolute Gasteiger partial charge is 0.407 e. The van der Waals surface area contributed by atoms with Crippen LogP contribution in [0.4, 0.5) is 4.79 Å². The quantitative estimate of drug-likeness (QED) is 0.687. The molecule has 3 heterocycles. The number of rotatable bonds is 4. The van der Waals surface area contributed by atoms with Gasteiger partial charge in [-0.25, -0.2) is 4.79 Å². The topological polar surface area (TPSA) is 112 Å². The minimum atomic E-state index is -1.23. The van der Waals surface area contributed by atoms with Gasteiger partial charge in [0.05, 0.1) is 10.9 Å². The third-order valence-corrected chi connectivity index (χ3v) is 8.20. The molecule has 0 saturated carbocycles. The molecule has 1 aromatic heterocycles. The molecule has 2 aliphatic rings. The molecule has 4 atom stereocenters. The van der Waals surface area contributed by atoms with E-state index in [1.807, 2.05) is 44.2 Å². The van der Waals surface area contributed by atoms with E-state index in [1.165, 1.54) is 14.0 Å². The lowest BCUT2D eigenvalue weighted by atomic mass is 9.84. The second-order valence-electron chi connectivity index (χ2n) is 9.67. The summed E-state index contributed by atoms with van der Waals surface area (Å²) in [7, 11) is 1.31. The predicted molar refractivity (Wildman–Crippen MR) is 130 cm³/mol. The standard InChI is InChI=1S/C24H30N4O5S/c1-14(26(4)23(32)33)20(29)25-16-10-12-34-18-13-24(2,3)19(28(18)21(16)30)22(31)27-11-9-15-7-5-6-8-17(15)27/h5-9,11,14,16,18-19H,10,12-13H2,1-4H3,(H,25,29)(H,32,33)/t14?,16-,18-,19+/m0/s1. The number of aromatic nitrogens is 1. The summed E-state index contributed by atoms with van der Waals surface area (Å²) in [6, 6.07) is 7.04. The van der Waals surface area contributed by atoms with Gasteiger partial charge < -0.3 is 15.3 Å². The van der Waals surface area contributed by atoms with Crippen molar-refractivity contribution in [2.45, 2.75) is 57.1 Å². The van der Waals surface area contributed by atoms with Crippen molar-refractivity contribution in [3.63, 3.8) is 0 Å². The first-order valence-corrected chi connectivity index (χ1v) is 12.4. The number of carbonyl (C=O) groups is 4. The number of amides is 3. The molecule has 10 heteroatoms. The molecule has 4 rings (SSSR count). The Balaban J connectivity index is 1.63. The lowest BCUT2D eigenvalue weighted by Crippen LogP contribution is -2.57. The first kappa shape index (κ1) is 24.1. The fraction of sp³-hybridized carbons (Fsp3) is 0.500. The Morgan fingerprint density at radius 1 is 1.24 bits per heavy atom. The number of thioether (sulfide) groups is 1. The van der Waals surface area contributed by atoms with Gasteiger partial charge in [0, 0.05) is 18.6 Å². The van der Waals surface area contributed by atoms with E-state index >= 15 is 0 Å². The molecule has 9 nitrogen and oxygen atoms in total. The van der Waals surface area contributed by atoms with Crippen molar-refractivity contribution in [1.29, 1.82) is 0 Å². The number of benzene rings is 1. The van der Waals surface area contributed by atoms with Crippen molar-refractivity contribution in [2.24, 2.45) is 5.41 Å². The van der Waals surface area contributed by atoms with Crippen LogP contribution in [0.1, 0.15) is 38.4 Å². The van der Waals surface area contributed by atoms with Crippen LogP contribution in [0.2, 0.25) is 0 Å². The lowest BCUT2D eigenvalue weighted by Gasteiger charge is -2.34. The second-order valence-corrected chi connectivity index (χ2v) is 11.0.